The van der Waals surface area contributed by atoms with Crippen LogP contribution in [0.4, 0.5) is 0 Å². The van der Waals surface area contributed by atoms with Gasteiger partial charge in [-0.2, -0.15) is 0 Å². The molecule has 0 spiro atoms. The van der Waals surface area contributed by atoms with Crippen molar-refractivity contribution in [1.29, 1.82) is 0 Å². The maximum absolute atomic E-state index is 4.25. The molecule has 0 amide bonds. The highest BCUT2D eigenvalue weighted by Crippen LogP contribution is 2.14. The van der Waals surface area contributed by atoms with E-state index in [0.29, 0.717) is 6.04 Å². The van der Waals surface area contributed by atoms with Gasteiger partial charge in [0, 0.05) is 18.8 Å². The summed E-state index contributed by atoms with van der Waals surface area (Å²) in [4.78, 5) is 4.25. The van der Waals surface area contributed by atoms with Gasteiger partial charge in [0.05, 0.1) is 0 Å². The Kier molecular flexibility index (Phi) is 2.87. The lowest BCUT2D eigenvalue weighted by atomic mass is 9.93. The lowest BCUT2D eigenvalue weighted by molar-refractivity contribution is 0.548. The highest BCUT2D eigenvalue weighted by molar-refractivity contribution is 5.90. The third-order valence-electron chi connectivity index (χ3n) is 2.21. The van der Waals surface area contributed by atoms with Crippen molar-refractivity contribution >= 4 is 5.71 Å². The van der Waals surface area contributed by atoms with Crippen LogP contribution < -0.4 is 5.32 Å². The smallest absolute Gasteiger partial charge is 0.0448 e. The van der Waals surface area contributed by atoms with Crippen LogP contribution in [0.25, 0.3) is 0 Å². The number of nitrogens with one attached hydrogen (secondary N) is 1. The van der Waals surface area contributed by atoms with Crippen molar-refractivity contribution in [3.63, 3.8) is 0 Å². The van der Waals surface area contributed by atoms with Gasteiger partial charge in [-0.05, 0) is 26.3 Å². The van der Waals surface area contributed by atoms with Crippen LogP contribution in [0.1, 0.15) is 25.7 Å². The number of nitrogens with zero attached hydrogens (tertiary/aromatic N) is 1. The summed E-state index contributed by atoms with van der Waals surface area (Å²) in [6, 6.07) is 0.568. The van der Waals surface area contributed by atoms with Gasteiger partial charge in [0.1, 0.15) is 0 Å². The van der Waals surface area contributed by atoms with E-state index in [1.807, 2.05) is 14.1 Å². The van der Waals surface area contributed by atoms with E-state index in [9.17, 15) is 0 Å². The number of hydrogen-bond acceptors (Lipinski definition) is 2. The van der Waals surface area contributed by atoms with Gasteiger partial charge in [-0.15, -0.1) is 0 Å². The van der Waals surface area contributed by atoms with Gasteiger partial charge in [-0.25, -0.2) is 0 Å². The van der Waals surface area contributed by atoms with E-state index in [-0.39, 0.29) is 0 Å². The maximum Gasteiger partial charge on any atom is 0.0448 e. The van der Waals surface area contributed by atoms with E-state index < -0.39 is 0 Å². The second-order valence-electron chi connectivity index (χ2n) is 2.80. The Morgan fingerprint density at radius 3 is 2.80 bits per heavy atom. The topological polar surface area (TPSA) is 24.4 Å². The molecule has 0 bridgehead atoms. The first-order valence-corrected chi connectivity index (χ1v) is 4.01. The molecule has 10 heavy (non-hydrogen) atoms. The standard InChI is InChI=1S/C8H16N2/c1-9-7-5-3-4-6-8(7)10-2/h7,9H,3-6H2,1-2H3/t7-/m1/s1. The van der Waals surface area contributed by atoms with Gasteiger partial charge in [0.2, 0.25) is 0 Å². The Balaban J connectivity index is 2.50. The second kappa shape index (κ2) is 3.71. The van der Waals surface area contributed by atoms with Crippen LogP contribution in [0.5, 0.6) is 0 Å². The normalized spacial score (nSPS) is 31.0. The van der Waals surface area contributed by atoms with Crippen LogP contribution >= 0.6 is 0 Å². The van der Waals surface area contributed by atoms with E-state index in [2.05, 4.69) is 10.3 Å². The summed E-state index contributed by atoms with van der Waals surface area (Å²) in [6.07, 6.45) is 5.14. The quantitative estimate of drug-likeness (QED) is 0.582. The fourth-order valence-electron chi connectivity index (χ4n) is 1.57. The zero-order chi connectivity index (χ0) is 7.40. The van der Waals surface area contributed by atoms with Crippen molar-refractivity contribution < 1.29 is 0 Å². The molecule has 0 aromatic carbocycles. The first-order valence-electron chi connectivity index (χ1n) is 4.01. The average molecular weight is 140 g/mol. The summed E-state index contributed by atoms with van der Waals surface area (Å²) in [5.41, 5.74) is 1.36. The molecular formula is C8H16N2. The van der Waals surface area contributed by atoms with Crippen molar-refractivity contribution in [2.45, 2.75) is 31.7 Å². The molecule has 0 aromatic heterocycles. The fourth-order valence-corrected chi connectivity index (χ4v) is 1.57. The Hall–Kier alpha value is -0.370. The third kappa shape index (κ3) is 1.57. The molecule has 58 valence electrons. The Labute approximate surface area is 62.7 Å². The fraction of sp³-hybridized carbons (Fsp3) is 0.875. The molecule has 0 aliphatic heterocycles. The number of hydrogen-bond donors (Lipinski definition) is 1. The first-order chi connectivity index (χ1) is 4.88. The molecule has 0 aromatic rings. The molecule has 2 nitrogen and oxygen atoms in total. The predicted molar refractivity (Wildman–Crippen MR) is 44.7 cm³/mol. The Morgan fingerprint density at radius 1 is 1.50 bits per heavy atom. The first kappa shape index (κ1) is 7.73. The lowest BCUT2D eigenvalue weighted by Crippen LogP contribution is -2.36. The highest BCUT2D eigenvalue weighted by Gasteiger charge is 2.16. The van der Waals surface area contributed by atoms with Gasteiger partial charge in [0.25, 0.3) is 0 Å². The summed E-state index contributed by atoms with van der Waals surface area (Å²) < 4.78 is 0. The van der Waals surface area contributed by atoms with Crippen molar-refractivity contribution in [1.82, 2.24) is 5.32 Å². The minimum atomic E-state index is 0.568. The summed E-state index contributed by atoms with van der Waals surface area (Å²) in [6.45, 7) is 0. The zero-order valence-electron chi connectivity index (χ0n) is 6.85. The van der Waals surface area contributed by atoms with E-state index in [1.165, 1.54) is 31.4 Å². The van der Waals surface area contributed by atoms with Crippen molar-refractivity contribution in [2.75, 3.05) is 14.1 Å². The zero-order valence-corrected chi connectivity index (χ0v) is 6.85. The van der Waals surface area contributed by atoms with Gasteiger partial charge in [-0.1, -0.05) is 6.42 Å². The molecule has 1 aliphatic carbocycles. The van der Waals surface area contributed by atoms with E-state index in [0.717, 1.165) is 0 Å². The minimum Gasteiger partial charge on any atom is -0.312 e. The monoisotopic (exact) mass is 140 g/mol. The second-order valence-corrected chi connectivity index (χ2v) is 2.80. The lowest BCUT2D eigenvalue weighted by Gasteiger charge is -2.22. The van der Waals surface area contributed by atoms with Gasteiger partial charge >= 0.3 is 0 Å². The van der Waals surface area contributed by atoms with Crippen LogP contribution in [-0.2, 0) is 0 Å². The molecule has 0 radical (unpaired) electrons. The average Bonchev–Trinajstić information content (AvgIpc) is 2.04. The molecule has 1 saturated carbocycles. The molecule has 1 fully saturated rings. The molecule has 1 aliphatic rings. The summed E-state index contributed by atoms with van der Waals surface area (Å²) in [5.74, 6) is 0. The molecule has 1 N–H and O–H groups in total. The molecule has 0 unspecified atom stereocenters. The molecule has 1 atom stereocenters. The summed E-state index contributed by atoms with van der Waals surface area (Å²) in [5, 5.41) is 3.27. The summed E-state index contributed by atoms with van der Waals surface area (Å²) >= 11 is 0. The minimum absolute atomic E-state index is 0.568. The molecular weight excluding hydrogens is 124 g/mol. The largest absolute Gasteiger partial charge is 0.312 e. The summed E-state index contributed by atoms with van der Waals surface area (Å²) in [7, 11) is 3.91. The van der Waals surface area contributed by atoms with Crippen LogP contribution in [0, 0.1) is 0 Å². The third-order valence-corrected chi connectivity index (χ3v) is 2.21. The van der Waals surface area contributed by atoms with Crippen molar-refractivity contribution in [3.05, 3.63) is 0 Å². The van der Waals surface area contributed by atoms with Gasteiger partial charge < -0.3 is 5.32 Å². The van der Waals surface area contributed by atoms with Gasteiger partial charge in [-0.3, -0.25) is 4.99 Å². The van der Waals surface area contributed by atoms with Crippen LogP contribution in [0.2, 0.25) is 0 Å². The molecule has 0 heterocycles. The van der Waals surface area contributed by atoms with Crippen LogP contribution in [-0.4, -0.2) is 25.8 Å². The maximum atomic E-state index is 4.25. The van der Waals surface area contributed by atoms with Gasteiger partial charge in [0.15, 0.2) is 0 Å². The molecule has 2 heteroatoms. The van der Waals surface area contributed by atoms with Crippen LogP contribution in [0.3, 0.4) is 0 Å². The van der Waals surface area contributed by atoms with Crippen molar-refractivity contribution in [3.8, 4) is 0 Å². The predicted octanol–water partition coefficient (Wildman–Crippen LogP) is 1.22. The molecule has 1 rings (SSSR count). The molecule has 0 saturated heterocycles. The van der Waals surface area contributed by atoms with Crippen molar-refractivity contribution in [2.24, 2.45) is 4.99 Å². The number of rotatable bonds is 1. The van der Waals surface area contributed by atoms with E-state index >= 15 is 0 Å². The highest BCUT2D eigenvalue weighted by atomic mass is 14.9. The Bertz CT molecular complexity index is 129. The van der Waals surface area contributed by atoms with E-state index in [4.69, 9.17) is 0 Å². The Morgan fingerprint density at radius 2 is 2.30 bits per heavy atom. The van der Waals surface area contributed by atoms with E-state index in [1.54, 1.807) is 0 Å². The van der Waals surface area contributed by atoms with Crippen LogP contribution in [0.15, 0.2) is 4.99 Å². The SMILES string of the molecule is CN=C1CCCC[C@H]1NC. The number of aliphatic imine (C=N–C) groups is 1.